The van der Waals surface area contributed by atoms with Gasteiger partial charge < -0.3 is 10.6 Å². The van der Waals surface area contributed by atoms with Gasteiger partial charge in [0.15, 0.2) is 0 Å². The SMILES string of the molecule is CCc1ccccc1NC(=O)CNC(=O)c1cc(Cl)ccc1I. The number of amides is 2. The van der Waals surface area contributed by atoms with Crippen LogP contribution in [0.1, 0.15) is 22.8 Å². The van der Waals surface area contributed by atoms with E-state index in [0.29, 0.717) is 10.6 Å². The van der Waals surface area contributed by atoms with Gasteiger partial charge in [-0.3, -0.25) is 9.59 Å². The molecule has 23 heavy (non-hydrogen) atoms. The molecule has 2 N–H and O–H groups in total. The maximum Gasteiger partial charge on any atom is 0.252 e. The Morgan fingerprint density at radius 3 is 2.65 bits per heavy atom. The number of carbonyl (C=O) groups is 2. The first kappa shape index (κ1) is 17.7. The van der Waals surface area contributed by atoms with Crippen LogP contribution >= 0.6 is 34.2 Å². The molecule has 0 aromatic heterocycles. The van der Waals surface area contributed by atoms with Gasteiger partial charge in [-0.15, -0.1) is 0 Å². The van der Waals surface area contributed by atoms with Crippen molar-refractivity contribution >= 4 is 51.7 Å². The normalized spacial score (nSPS) is 10.2. The monoisotopic (exact) mass is 442 g/mol. The predicted octanol–water partition coefficient (Wildman–Crippen LogP) is 3.88. The van der Waals surface area contributed by atoms with Crippen LogP contribution in [0.2, 0.25) is 5.02 Å². The molecule has 0 aliphatic heterocycles. The zero-order valence-electron chi connectivity index (χ0n) is 12.5. The van der Waals surface area contributed by atoms with Gasteiger partial charge in [-0.2, -0.15) is 0 Å². The molecule has 2 amide bonds. The number of aryl methyl sites for hydroxylation is 1. The largest absolute Gasteiger partial charge is 0.343 e. The molecule has 0 aliphatic rings. The van der Waals surface area contributed by atoms with E-state index >= 15 is 0 Å². The van der Waals surface area contributed by atoms with E-state index in [2.05, 4.69) is 33.2 Å². The van der Waals surface area contributed by atoms with Crippen molar-refractivity contribution < 1.29 is 9.59 Å². The van der Waals surface area contributed by atoms with Gasteiger partial charge in [0.25, 0.3) is 5.91 Å². The Balaban J connectivity index is 1.96. The number of rotatable bonds is 5. The van der Waals surface area contributed by atoms with Gasteiger partial charge in [-0.05, 0) is 58.8 Å². The lowest BCUT2D eigenvalue weighted by molar-refractivity contribution is -0.115. The molecule has 4 nitrogen and oxygen atoms in total. The lowest BCUT2D eigenvalue weighted by atomic mass is 10.1. The van der Waals surface area contributed by atoms with Crippen LogP contribution in [0.5, 0.6) is 0 Å². The zero-order valence-corrected chi connectivity index (χ0v) is 15.4. The molecule has 0 bridgehead atoms. The topological polar surface area (TPSA) is 58.2 Å². The summed E-state index contributed by atoms with van der Waals surface area (Å²) in [6.45, 7) is 1.92. The fourth-order valence-corrected chi connectivity index (χ4v) is 2.82. The first-order chi connectivity index (χ1) is 11.0. The van der Waals surface area contributed by atoms with Crippen molar-refractivity contribution in [2.75, 3.05) is 11.9 Å². The summed E-state index contributed by atoms with van der Waals surface area (Å²) in [5.41, 5.74) is 2.28. The van der Waals surface area contributed by atoms with Crippen LogP contribution in [0, 0.1) is 3.57 Å². The molecule has 2 aromatic carbocycles. The fraction of sp³-hybridized carbons (Fsp3) is 0.176. The molecule has 0 saturated carbocycles. The molecular weight excluding hydrogens is 427 g/mol. The van der Waals surface area contributed by atoms with Gasteiger partial charge in [-0.1, -0.05) is 36.7 Å². The summed E-state index contributed by atoms with van der Waals surface area (Å²) in [5.74, 6) is -0.591. The summed E-state index contributed by atoms with van der Waals surface area (Å²) in [4.78, 5) is 24.2. The zero-order chi connectivity index (χ0) is 16.8. The summed E-state index contributed by atoms with van der Waals surface area (Å²) >= 11 is 7.96. The van der Waals surface area contributed by atoms with Crippen molar-refractivity contribution in [3.8, 4) is 0 Å². The Morgan fingerprint density at radius 2 is 1.91 bits per heavy atom. The van der Waals surface area contributed by atoms with Gasteiger partial charge in [0, 0.05) is 14.3 Å². The highest BCUT2D eigenvalue weighted by molar-refractivity contribution is 14.1. The van der Waals surface area contributed by atoms with Crippen LogP contribution in [0.4, 0.5) is 5.69 Å². The average Bonchev–Trinajstić information content (AvgIpc) is 2.55. The highest BCUT2D eigenvalue weighted by Gasteiger charge is 2.12. The van der Waals surface area contributed by atoms with Gasteiger partial charge in [-0.25, -0.2) is 0 Å². The standard InChI is InChI=1S/C17H16ClIN2O2/c1-2-11-5-3-4-6-15(11)21-16(22)10-20-17(23)13-9-12(18)7-8-14(13)19/h3-9H,2,10H2,1H3,(H,20,23)(H,21,22). The Hall–Kier alpha value is -1.60. The van der Waals surface area contributed by atoms with E-state index in [1.807, 2.05) is 31.2 Å². The van der Waals surface area contributed by atoms with Crippen LogP contribution in [0.15, 0.2) is 42.5 Å². The van der Waals surface area contributed by atoms with E-state index in [-0.39, 0.29) is 18.4 Å². The van der Waals surface area contributed by atoms with E-state index in [0.717, 1.165) is 21.2 Å². The van der Waals surface area contributed by atoms with Crippen LogP contribution in [-0.2, 0) is 11.2 Å². The first-order valence-electron chi connectivity index (χ1n) is 7.12. The summed E-state index contributed by atoms with van der Waals surface area (Å²) in [6, 6.07) is 12.7. The highest BCUT2D eigenvalue weighted by atomic mass is 127. The third-order valence-corrected chi connectivity index (χ3v) is 4.43. The van der Waals surface area contributed by atoms with Gasteiger partial charge in [0.2, 0.25) is 5.91 Å². The van der Waals surface area contributed by atoms with E-state index < -0.39 is 0 Å². The number of hydrogen-bond donors (Lipinski definition) is 2. The number of nitrogens with one attached hydrogen (secondary N) is 2. The van der Waals surface area contributed by atoms with Crippen molar-refractivity contribution in [3.63, 3.8) is 0 Å². The second-order valence-corrected chi connectivity index (χ2v) is 6.46. The van der Waals surface area contributed by atoms with Crippen molar-refractivity contribution in [1.82, 2.24) is 5.32 Å². The molecule has 2 aromatic rings. The summed E-state index contributed by atoms with van der Waals surface area (Å²) < 4.78 is 0.779. The maximum atomic E-state index is 12.1. The van der Waals surface area contributed by atoms with Gasteiger partial charge in [0.05, 0.1) is 12.1 Å². The van der Waals surface area contributed by atoms with Crippen molar-refractivity contribution in [2.24, 2.45) is 0 Å². The van der Waals surface area contributed by atoms with E-state index in [1.54, 1.807) is 18.2 Å². The van der Waals surface area contributed by atoms with Crippen LogP contribution < -0.4 is 10.6 Å². The van der Waals surface area contributed by atoms with Crippen molar-refractivity contribution in [2.45, 2.75) is 13.3 Å². The average molecular weight is 443 g/mol. The summed E-state index contributed by atoms with van der Waals surface area (Å²) in [6.07, 6.45) is 0.823. The van der Waals surface area contributed by atoms with E-state index in [1.165, 1.54) is 0 Å². The molecule has 0 radical (unpaired) electrons. The molecule has 0 saturated heterocycles. The second kappa shape index (κ2) is 8.31. The first-order valence-corrected chi connectivity index (χ1v) is 8.58. The third kappa shape index (κ3) is 4.94. The van der Waals surface area contributed by atoms with Gasteiger partial charge in [0.1, 0.15) is 0 Å². The van der Waals surface area contributed by atoms with Crippen LogP contribution in [0.3, 0.4) is 0 Å². The molecule has 0 aliphatic carbocycles. The number of hydrogen-bond acceptors (Lipinski definition) is 2. The molecule has 120 valence electrons. The molecular formula is C17H16ClIN2O2. The molecule has 0 fully saturated rings. The Kier molecular flexibility index (Phi) is 6.41. The Morgan fingerprint density at radius 1 is 1.17 bits per heavy atom. The fourth-order valence-electron chi connectivity index (χ4n) is 2.07. The maximum absolute atomic E-state index is 12.1. The highest BCUT2D eigenvalue weighted by Crippen LogP contribution is 2.18. The molecule has 0 unspecified atom stereocenters. The number of halogens is 2. The second-order valence-electron chi connectivity index (χ2n) is 4.87. The summed E-state index contributed by atoms with van der Waals surface area (Å²) in [7, 11) is 0. The minimum absolute atomic E-state index is 0.0977. The van der Waals surface area contributed by atoms with Crippen molar-refractivity contribution in [3.05, 3.63) is 62.2 Å². The quantitative estimate of drug-likeness (QED) is 0.691. The van der Waals surface area contributed by atoms with Gasteiger partial charge >= 0.3 is 0 Å². The molecule has 6 heteroatoms. The number of carbonyl (C=O) groups excluding carboxylic acids is 2. The minimum Gasteiger partial charge on any atom is -0.343 e. The minimum atomic E-state index is -0.323. The molecule has 0 atom stereocenters. The summed E-state index contributed by atoms with van der Waals surface area (Å²) in [5, 5.41) is 5.91. The smallest absolute Gasteiger partial charge is 0.252 e. The molecule has 2 rings (SSSR count). The van der Waals surface area contributed by atoms with Crippen molar-refractivity contribution in [1.29, 1.82) is 0 Å². The van der Waals surface area contributed by atoms with Crippen LogP contribution in [0.25, 0.3) is 0 Å². The number of para-hydroxylation sites is 1. The Bertz CT molecular complexity index is 734. The lowest BCUT2D eigenvalue weighted by Crippen LogP contribution is -2.33. The Labute approximate surface area is 153 Å². The number of benzene rings is 2. The van der Waals surface area contributed by atoms with E-state index in [9.17, 15) is 9.59 Å². The predicted molar refractivity (Wildman–Crippen MR) is 101 cm³/mol. The van der Waals surface area contributed by atoms with E-state index in [4.69, 9.17) is 11.6 Å². The molecule has 0 spiro atoms. The number of anilines is 1. The van der Waals surface area contributed by atoms with Crippen LogP contribution in [-0.4, -0.2) is 18.4 Å². The lowest BCUT2D eigenvalue weighted by Gasteiger charge is -2.11. The molecule has 0 heterocycles. The third-order valence-electron chi connectivity index (χ3n) is 3.25.